The zero-order valence-electron chi connectivity index (χ0n) is 18.3. The van der Waals surface area contributed by atoms with E-state index in [1.807, 2.05) is 31.2 Å². The van der Waals surface area contributed by atoms with Gasteiger partial charge in [-0.05, 0) is 66.7 Å². The number of amides is 2. The quantitative estimate of drug-likeness (QED) is 0.263. The molecule has 0 N–H and O–H groups in total. The normalized spacial score (nSPS) is 14.7. The van der Waals surface area contributed by atoms with Crippen molar-refractivity contribution in [2.45, 2.75) is 13.5 Å². The fourth-order valence-electron chi connectivity index (χ4n) is 3.28. The third-order valence-electron chi connectivity index (χ3n) is 5.05. The number of benzene rings is 3. The average molecular weight is 498 g/mol. The first-order chi connectivity index (χ1) is 16.4. The number of hydrogen-bond donors (Lipinski definition) is 0. The van der Waals surface area contributed by atoms with Crippen molar-refractivity contribution in [2.75, 3.05) is 13.2 Å². The van der Waals surface area contributed by atoms with Gasteiger partial charge < -0.3 is 9.47 Å². The molecular formula is C26H21ClFNO4S. The number of thioether (sulfide) groups is 1. The van der Waals surface area contributed by atoms with Gasteiger partial charge in [0, 0.05) is 10.6 Å². The van der Waals surface area contributed by atoms with E-state index in [1.54, 1.807) is 30.3 Å². The molecule has 1 saturated heterocycles. The fraction of sp³-hybridized carbons (Fsp3) is 0.154. The Balaban J connectivity index is 1.38. The molecule has 3 aromatic rings. The van der Waals surface area contributed by atoms with Crippen LogP contribution in [0.25, 0.3) is 6.08 Å². The standard InChI is InChI=1S/C26H21ClFNO4S/c1-17-8-10-19(11-9-17)32-12-13-33-20-5-2-4-18(14-20)15-24-25(30)29(26(31)34-24)16-21-22(27)6-3-7-23(21)28/h2-11,14-15H,12-13,16H2,1H3/b24-15-. The number of aryl methyl sites for hydroxylation is 1. The Labute approximate surface area is 206 Å². The van der Waals surface area contributed by atoms with Crippen LogP contribution in [0, 0.1) is 12.7 Å². The van der Waals surface area contributed by atoms with Gasteiger partial charge in [0.15, 0.2) is 0 Å². The van der Waals surface area contributed by atoms with Crippen LogP contribution < -0.4 is 9.47 Å². The number of carbonyl (C=O) groups excluding carboxylic acids is 2. The van der Waals surface area contributed by atoms with Crippen LogP contribution in [0.2, 0.25) is 5.02 Å². The molecule has 34 heavy (non-hydrogen) atoms. The minimum absolute atomic E-state index is 0.107. The minimum atomic E-state index is -0.563. The van der Waals surface area contributed by atoms with Crippen molar-refractivity contribution in [1.82, 2.24) is 4.90 Å². The second-order valence-corrected chi connectivity index (χ2v) is 8.95. The first-order valence-corrected chi connectivity index (χ1v) is 11.7. The highest BCUT2D eigenvalue weighted by Crippen LogP contribution is 2.35. The van der Waals surface area contributed by atoms with Crippen molar-refractivity contribution in [1.29, 1.82) is 0 Å². The zero-order chi connectivity index (χ0) is 24.1. The number of hydrogen-bond acceptors (Lipinski definition) is 5. The van der Waals surface area contributed by atoms with Gasteiger partial charge in [-0.15, -0.1) is 0 Å². The van der Waals surface area contributed by atoms with Gasteiger partial charge >= 0.3 is 0 Å². The number of halogens is 2. The first-order valence-electron chi connectivity index (χ1n) is 10.5. The molecule has 3 aromatic carbocycles. The second kappa shape index (κ2) is 10.8. The smallest absolute Gasteiger partial charge is 0.293 e. The molecule has 1 aliphatic rings. The minimum Gasteiger partial charge on any atom is -0.490 e. The molecule has 0 aliphatic carbocycles. The summed E-state index contributed by atoms with van der Waals surface area (Å²) in [5.74, 6) is 0.327. The van der Waals surface area contributed by atoms with Crippen LogP contribution >= 0.6 is 23.4 Å². The van der Waals surface area contributed by atoms with Crippen molar-refractivity contribution in [3.05, 3.63) is 99.2 Å². The summed E-state index contributed by atoms with van der Waals surface area (Å²) < 4.78 is 25.5. The molecule has 5 nitrogen and oxygen atoms in total. The molecule has 0 bridgehead atoms. The van der Waals surface area contributed by atoms with E-state index in [1.165, 1.54) is 18.2 Å². The molecule has 1 heterocycles. The highest BCUT2D eigenvalue weighted by atomic mass is 35.5. The molecular weight excluding hydrogens is 477 g/mol. The van der Waals surface area contributed by atoms with E-state index in [9.17, 15) is 14.0 Å². The summed E-state index contributed by atoms with van der Waals surface area (Å²) in [6.45, 7) is 2.51. The van der Waals surface area contributed by atoms with E-state index in [4.69, 9.17) is 21.1 Å². The third kappa shape index (κ3) is 5.79. The zero-order valence-corrected chi connectivity index (χ0v) is 19.9. The van der Waals surface area contributed by atoms with Gasteiger partial charge in [-0.1, -0.05) is 47.5 Å². The number of rotatable bonds is 8. The maximum Gasteiger partial charge on any atom is 0.293 e. The van der Waals surface area contributed by atoms with Gasteiger partial charge in [-0.3, -0.25) is 14.5 Å². The van der Waals surface area contributed by atoms with Crippen molar-refractivity contribution in [2.24, 2.45) is 0 Å². The van der Waals surface area contributed by atoms with E-state index in [0.29, 0.717) is 24.5 Å². The van der Waals surface area contributed by atoms with E-state index in [2.05, 4.69) is 0 Å². The molecule has 1 aliphatic heterocycles. The summed E-state index contributed by atoms with van der Waals surface area (Å²) in [6.07, 6.45) is 1.61. The number of imide groups is 1. The lowest BCUT2D eigenvalue weighted by molar-refractivity contribution is -0.123. The number of carbonyl (C=O) groups is 2. The van der Waals surface area contributed by atoms with Gasteiger partial charge in [0.2, 0.25) is 0 Å². The molecule has 0 radical (unpaired) electrons. The van der Waals surface area contributed by atoms with Crippen LogP contribution in [0.3, 0.4) is 0 Å². The molecule has 4 rings (SSSR count). The summed E-state index contributed by atoms with van der Waals surface area (Å²) in [4.78, 5) is 26.5. The van der Waals surface area contributed by atoms with Crippen LogP contribution in [0.1, 0.15) is 16.7 Å². The van der Waals surface area contributed by atoms with Gasteiger partial charge in [0.25, 0.3) is 11.1 Å². The Bertz CT molecular complexity index is 1230. The molecule has 2 amide bonds. The summed E-state index contributed by atoms with van der Waals surface area (Å²) in [7, 11) is 0. The van der Waals surface area contributed by atoms with Crippen LogP contribution in [0.5, 0.6) is 11.5 Å². The lowest BCUT2D eigenvalue weighted by atomic mass is 10.2. The number of nitrogens with zero attached hydrogens (tertiary/aromatic N) is 1. The maximum atomic E-state index is 14.1. The fourth-order valence-corrected chi connectivity index (χ4v) is 4.34. The molecule has 1 fully saturated rings. The second-order valence-electron chi connectivity index (χ2n) is 7.55. The lowest BCUT2D eigenvalue weighted by Crippen LogP contribution is -2.28. The predicted octanol–water partition coefficient (Wildman–Crippen LogP) is 6.48. The molecule has 8 heteroatoms. The van der Waals surface area contributed by atoms with E-state index < -0.39 is 17.0 Å². The van der Waals surface area contributed by atoms with E-state index in [-0.39, 0.29) is 22.0 Å². The van der Waals surface area contributed by atoms with E-state index >= 15 is 0 Å². The molecule has 0 spiro atoms. The summed E-state index contributed by atoms with van der Waals surface area (Å²) in [5, 5.41) is -0.310. The summed E-state index contributed by atoms with van der Waals surface area (Å²) in [5.41, 5.74) is 1.97. The van der Waals surface area contributed by atoms with Crippen LogP contribution in [0.15, 0.2) is 71.6 Å². The Hall–Kier alpha value is -3.29. The van der Waals surface area contributed by atoms with Gasteiger partial charge in [0.05, 0.1) is 11.4 Å². The molecule has 174 valence electrons. The van der Waals surface area contributed by atoms with Crippen molar-refractivity contribution in [3.63, 3.8) is 0 Å². The Morgan fingerprint density at radius 2 is 1.68 bits per heavy atom. The monoisotopic (exact) mass is 497 g/mol. The molecule has 0 atom stereocenters. The van der Waals surface area contributed by atoms with Crippen LogP contribution in [-0.4, -0.2) is 29.3 Å². The topological polar surface area (TPSA) is 55.8 Å². The van der Waals surface area contributed by atoms with Crippen LogP contribution in [-0.2, 0) is 11.3 Å². The average Bonchev–Trinajstić information content (AvgIpc) is 3.07. The van der Waals surface area contributed by atoms with Crippen LogP contribution in [0.4, 0.5) is 9.18 Å². The Kier molecular flexibility index (Phi) is 7.55. The van der Waals surface area contributed by atoms with Gasteiger partial charge in [-0.25, -0.2) is 4.39 Å². The highest BCUT2D eigenvalue weighted by Gasteiger charge is 2.35. The first kappa shape index (κ1) is 23.9. The van der Waals surface area contributed by atoms with E-state index in [0.717, 1.165) is 28.0 Å². The maximum absolute atomic E-state index is 14.1. The summed E-state index contributed by atoms with van der Waals surface area (Å²) >= 11 is 6.85. The third-order valence-corrected chi connectivity index (χ3v) is 6.31. The molecule has 0 aromatic heterocycles. The highest BCUT2D eigenvalue weighted by molar-refractivity contribution is 8.18. The lowest BCUT2D eigenvalue weighted by Gasteiger charge is -2.14. The number of ether oxygens (including phenoxy) is 2. The molecule has 0 unspecified atom stereocenters. The Morgan fingerprint density at radius 1 is 0.971 bits per heavy atom. The van der Waals surface area contributed by atoms with Gasteiger partial charge in [0.1, 0.15) is 30.5 Å². The Morgan fingerprint density at radius 3 is 2.41 bits per heavy atom. The summed E-state index contributed by atoms with van der Waals surface area (Å²) in [6, 6.07) is 19.2. The van der Waals surface area contributed by atoms with Crippen molar-refractivity contribution >= 4 is 40.6 Å². The molecule has 0 saturated carbocycles. The van der Waals surface area contributed by atoms with Crippen molar-refractivity contribution < 1.29 is 23.5 Å². The largest absolute Gasteiger partial charge is 0.490 e. The van der Waals surface area contributed by atoms with Gasteiger partial charge in [-0.2, -0.15) is 0 Å². The SMILES string of the molecule is Cc1ccc(OCCOc2cccc(/C=C3\SC(=O)N(Cc4c(F)cccc4Cl)C3=O)c2)cc1. The predicted molar refractivity (Wildman–Crippen MR) is 132 cm³/mol. The van der Waals surface area contributed by atoms with Crippen molar-refractivity contribution in [3.8, 4) is 11.5 Å².